The Bertz CT molecular complexity index is 1730. The number of carbonyl (C=O) groups is 2. The monoisotopic (exact) mass is 649 g/mol. The Morgan fingerprint density at radius 2 is 1.51 bits per heavy atom. The molecule has 0 spiro atoms. The van der Waals surface area contributed by atoms with Crippen molar-refractivity contribution in [2.24, 2.45) is 0 Å². The molecule has 0 aliphatic rings. The normalized spacial score (nSPS) is 11.8. The van der Waals surface area contributed by atoms with E-state index in [0.717, 1.165) is 21.0 Å². The third kappa shape index (κ3) is 7.95. The average Bonchev–Trinajstić information content (AvgIpc) is 3.06. The number of likely N-dealkylation sites (N-methyl/N-ethyl adjacent to an activating group) is 1. The number of sulfonamides is 1. The topological polar surface area (TPSA) is 105 Å². The Kier molecular flexibility index (Phi) is 11.1. The highest BCUT2D eigenvalue weighted by molar-refractivity contribution is 7.92. The van der Waals surface area contributed by atoms with Crippen LogP contribution in [0.2, 0.25) is 5.02 Å². The second-order valence-electron chi connectivity index (χ2n) is 10.3. The van der Waals surface area contributed by atoms with Crippen molar-refractivity contribution in [3.63, 3.8) is 0 Å². The first kappa shape index (κ1) is 33.4. The van der Waals surface area contributed by atoms with Crippen molar-refractivity contribution in [1.29, 1.82) is 0 Å². The van der Waals surface area contributed by atoms with Crippen LogP contribution in [-0.4, -0.2) is 59.0 Å². The van der Waals surface area contributed by atoms with Gasteiger partial charge in [-0.25, -0.2) is 8.42 Å². The van der Waals surface area contributed by atoms with Gasteiger partial charge in [0.05, 0.1) is 24.8 Å². The van der Waals surface area contributed by atoms with E-state index in [0.29, 0.717) is 10.8 Å². The van der Waals surface area contributed by atoms with E-state index < -0.39 is 28.5 Å². The minimum Gasteiger partial charge on any atom is -0.493 e. The quantitative estimate of drug-likeness (QED) is 0.212. The first-order chi connectivity index (χ1) is 21.6. The zero-order chi connectivity index (χ0) is 32.6. The van der Waals surface area contributed by atoms with Gasteiger partial charge in [0.15, 0.2) is 11.5 Å². The molecule has 0 saturated heterocycles. The van der Waals surface area contributed by atoms with E-state index in [1.54, 1.807) is 12.1 Å². The van der Waals surface area contributed by atoms with E-state index in [4.69, 9.17) is 21.1 Å². The third-order valence-electron chi connectivity index (χ3n) is 7.46. The van der Waals surface area contributed by atoms with E-state index in [1.807, 2.05) is 61.5 Å². The summed E-state index contributed by atoms with van der Waals surface area (Å²) in [5, 5.41) is 3.09. The number of halogens is 1. The summed E-state index contributed by atoms with van der Waals surface area (Å²) in [4.78, 5) is 29.2. The fraction of sp³-hybridized carbons (Fsp3) is 0.235. The van der Waals surface area contributed by atoms with Crippen molar-refractivity contribution in [1.82, 2.24) is 10.2 Å². The lowest BCUT2D eigenvalue weighted by Crippen LogP contribution is -2.53. The van der Waals surface area contributed by atoms with Crippen molar-refractivity contribution in [2.75, 3.05) is 32.1 Å². The molecule has 9 nitrogen and oxygen atoms in total. The number of methoxy groups -OCH3 is 2. The van der Waals surface area contributed by atoms with Crippen LogP contribution in [0.5, 0.6) is 11.5 Å². The van der Waals surface area contributed by atoms with Crippen LogP contribution >= 0.6 is 11.6 Å². The van der Waals surface area contributed by atoms with Crippen LogP contribution in [0.1, 0.15) is 16.7 Å². The number of benzene rings is 4. The molecule has 0 aliphatic heterocycles. The van der Waals surface area contributed by atoms with E-state index in [2.05, 4.69) is 5.32 Å². The molecule has 2 amide bonds. The van der Waals surface area contributed by atoms with Crippen LogP contribution in [0.3, 0.4) is 0 Å². The number of anilines is 1. The number of amides is 2. The number of nitrogens with one attached hydrogen (secondary N) is 1. The Morgan fingerprint density at radius 3 is 2.13 bits per heavy atom. The fourth-order valence-electron chi connectivity index (χ4n) is 4.93. The van der Waals surface area contributed by atoms with Gasteiger partial charge in [0, 0.05) is 31.1 Å². The van der Waals surface area contributed by atoms with Gasteiger partial charge in [-0.15, -0.1) is 0 Å². The summed E-state index contributed by atoms with van der Waals surface area (Å²) in [7, 11) is 0.0313. The fourth-order valence-corrected chi connectivity index (χ4v) is 6.49. The lowest BCUT2D eigenvalue weighted by atomic mass is 10.0. The summed E-state index contributed by atoms with van der Waals surface area (Å²) < 4.78 is 40.2. The van der Waals surface area contributed by atoms with Gasteiger partial charge < -0.3 is 19.7 Å². The van der Waals surface area contributed by atoms with Gasteiger partial charge in [-0.1, -0.05) is 66.2 Å². The summed E-state index contributed by atoms with van der Waals surface area (Å²) in [6, 6.07) is 26.4. The van der Waals surface area contributed by atoms with E-state index >= 15 is 0 Å². The molecule has 0 bridgehead atoms. The maximum Gasteiger partial charge on any atom is 0.264 e. The molecule has 0 aliphatic carbocycles. The molecule has 4 aromatic carbocycles. The number of nitrogens with zero attached hydrogens (tertiary/aromatic N) is 2. The average molecular weight is 650 g/mol. The molecule has 0 fully saturated rings. The minimum absolute atomic E-state index is 0.0846. The highest BCUT2D eigenvalue weighted by atomic mass is 35.5. The molecule has 0 radical (unpaired) electrons. The molecular formula is C34H36ClN3O6S. The predicted molar refractivity (Wildman–Crippen MR) is 175 cm³/mol. The molecule has 0 aromatic heterocycles. The van der Waals surface area contributed by atoms with Crippen LogP contribution in [0.25, 0.3) is 0 Å². The number of hydrogen-bond acceptors (Lipinski definition) is 6. The van der Waals surface area contributed by atoms with Crippen LogP contribution in [-0.2, 0) is 32.6 Å². The van der Waals surface area contributed by atoms with E-state index in [1.165, 1.54) is 56.5 Å². The Labute approximate surface area is 269 Å². The van der Waals surface area contributed by atoms with Crippen molar-refractivity contribution in [2.45, 2.75) is 30.8 Å². The SMILES string of the molecule is CNC(=O)[C@@H](Cc1ccccc1)N(Cc1ccccc1C)C(=O)CN(c1ccc(Cl)cc1)S(=O)(=O)c1ccc(OC)c(OC)c1. The van der Waals surface area contributed by atoms with Gasteiger partial charge in [-0.3, -0.25) is 13.9 Å². The van der Waals surface area contributed by atoms with Gasteiger partial charge in [0.25, 0.3) is 10.0 Å². The number of hydrogen-bond donors (Lipinski definition) is 1. The molecule has 236 valence electrons. The highest BCUT2D eigenvalue weighted by Gasteiger charge is 2.35. The van der Waals surface area contributed by atoms with Crippen molar-refractivity contribution >= 4 is 39.1 Å². The summed E-state index contributed by atoms with van der Waals surface area (Å²) >= 11 is 6.13. The van der Waals surface area contributed by atoms with Crippen molar-refractivity contribution in [3.8, 4) is 11.5 Å². The van der Waals surface area contributed by atoms with E-state index in [9.17, 15) is 18.0 Å². The molecule has 4 rings (SSSR count). The number of aryl methyl sites for hydroxylation is 1. The van der Waals surface area contributed by atoms with Gasteiger partial charge in [-0.05, 0) is 60.0 Å². The second kappa shape index (κ2) is 15.0. The third-order valence-corrected chi connectivity index (χ3v) is 9.48. The molecule has 11 heteroatoms. The van der Waals surface area contributed by atoms with Gasteiger partial charge in [0.2, 0.25) is 11.8 Å². The largest absolute Gasteiger partial charge is 0.493 e. The molecule has 4 aromatic rings. The first-order valence-corrected chi connectivity index (χ1v) is 16.0. The highest BCUT2D eigenvalue weighted by Crippen LogP contribution is 2.33. The molecule has 0 heterocycles. The molecular weight excluding hydrogens is 614 g/mol. The summed E-state index contributed by atoms with van der Waals surface area (Å²) in [6.07, 6.45) is 0.224. The van der Waals surface area contributed by atoms with Crippen LogP contribution in [0, 0.1) is 6.92 Å². The minimum atomic E-state index is -4.34. The lowest BCUT2D eigenvalue weighted by molar-refractivity contribution is -0.139. The predicted octanol–water partition coefficient (Wildman–Crippen LogP) is 5.25. The van der Waals surface area contributed by atoms with Crippen LogP contribution in [0.4, 0.5) is 5.69 Å². The zero-order valence-corrected chi connectivity index (χ0v) is 27.1. The summed E-state index contributed by atoms with van der Waals surface area (Å²) in [5.41, 5.74) is 2.82. The molecule has 0 unspecified atom stereocenters. The summed E-state index contributed by atoms with van der Waals surface area (Å²) in [6.45, 7) is 1.42. The molecule has 45 heavy (non-hydrogen) atoms. The summed E-state index contributed by atoms with van der Waals surface area (Å²) in [5.74, 6) is -0.377. The van der Waals surface area contributed by atoms with Gasteiger partial charge in [-0.2, -0.15) is 0 Å². The molecule has 1 atom stereocenters. The number of ether oxygens (including phenoxy) is 2. The molecule has 1 N–H and O–H groups in total. The Hall–Kier alpha value is -4.54. The van der Waals surface area contributed by atoms with Crippen LogP contribution in [0.15, 0.2) is 102 Å². The van der Waals surface area contributed by atoms with E-state index in [-0.39, 0.29) is 35.2 Å². The van der Waals surface area contributed by atoms with Gasteiger partial charge >= 0.3 is 0 Å². The maximum atomic E-state index is 14.4. The van der Waals surface area contributed by atoms with Crippen LogP contribution < -0.4 is 19.1 Å². The number of rotatable bonds is 13. The van der Waals surface area contributed by atoms with Crippen molar-refractivity contribution < 1.29 is 27.5 Å². The second-order valence-corrected chi connectivity index (χ2v) is 12.6. The number of carbonyl (C=O) groups excluding carboxylic acids is 2. The maximum absolute atomic E-state index is 14.4. The van der Waals surface area contributed by atoms with Gasteiger partial charge in [0.1, 0.15) is 12.6 Å². The Balaban J connectivity index is 1.81. The molecule has 0 saturated carbocycles. The Morgan fingerprint density at radius 1 is 0.867 bits per heavy atom. The smallest absolute Gasteiger partial charge is 0.264 e. The standard InChI is InChI=1S/C34H36ClN3O6S/c1-24-10-8-9-13-26(24)22-37(30(34(40)36-2)20-25-11-6-5-7-12-25)33(39)23-38(28-16-14-27(35)15-17-28)45(41,42)29-18-19-31(43-3)32(21-29)44-4/h5-19,21,30H,20,22-23H2,1-4H3,(H,36,40)/t30-/m1/s1. The van der Waals surface area contributed by atoms with Crippen molar-refractivity contribution in [3.05, 3.63) is 119 Å². The zero-order valence-electron chi connectivity index (χ0n) is 25.6. The first-order valence-electron chi connectivity index (χ1n) is 14.2. The lowest BCUT2D eigenvalue weighted by Gasteiger charge is -2.34.